The van der Waals surface area contributed by atoms with Crippen LogP contribution in [0, 0.1) is 13.8 Å². The fraction of sp³-hybridized carbons (Fsp3) is 0.286. The highest BCUT2D eigenvalue weighted by Crippen LogP contribution is 2.26. The van der Waals surface area contributed by atoms with Gasteiger partial charge in [0.1, 0.15) is 5.75 Å². The van der Waals surface area contributed by atoms with Crippen molar-refractivity contribution < 1.29 is 14.4 Å². The predicted octanol–water partition coefficient (Wildman–Crippen LogP) is 2.66. The summed E-state index contributed by atoms with van der Waals surface area (Å²) in [5.41, 5.74) is 2.23. The van der Waals surface area contributed by atoms with E-state index >= 15 is 0 Å². The minimum atomic E-state index is -0.267. The molecule has 0 saturated carbocycles. The third-order valence-electron chi connectivity index (χ3n) is 2.88. The van der Waals surface area contributed by atoms with Crippen LogP contribution in [0.5, 0.6) is 5.75 Å². The largest absolute Gasteiger partial charge is 0.508 e. The average Bonchev–Trinajstić information content (AvgIpc) is 2.81. The van der Waals surface area contributed by atoms with E-state index in [-0.39, 0.29) is 17.4 Å². The van der Waals surface area contributed by atoms with Gasteiger partial charge in [0, 0.05) is 18.7 Å². The third kappa shape index (κ3) is 2.59. The monoisotopic (exact) mass is 260 g/mol. The molecule has 1 aromatic carbocycles. The number of nitrogens with zero attached hydrogens (tertiary/aromatic N) is 2. The van der Waals surface area contributed by atoms with Crippen molar-refractivity contribution in [2.45, 2.75) is 20.8 Å². The number of aromatic hydroxyl groups is 1. The minimum absolute atomic E-state index is 0.126. The van der Waals surface area contributed by atoms with E-state index < -0.39 is 0 Å². The highest BCUT2D eigenvalue weighted by atomic mass is 16.5. The number of hydrogen-bond acceptors (Lipinski definition) is 4. The smallest absolute Gasteiger partial charge is 0.296 e. The Morgan fingerprint density at radius 3 is 2.68 bits per heavy atom. The van der Waals surface area contributed by atoms with Crippen molar-refractivity contribution in [2.75, 3.05) is 11.4 Å². The molecular formula is C14H16N2O3. The molecule has 0 bridgehead atoms. The first-order valence-electron chi connectivity index (χ1n) is 6.07. The molecule has 1 aromatic heterocycles. The summed E-state index contributed by atoms with van der Waals surface area (Å²) in [7, 11) is 0. The van der Waals surface area contributed by atoms with Gasteiger partial charge in [0.2, 0.25) is 5.76 Å². The molecule has 0 radical (unpaired) electrons. The molecule has 0 aliphatic rings. The van der Waals surface area contributed by atoms with Gasteiger partial charge >= 0.3 is 0 Å². The maximum Gasteiger partial charge on any atom is 0.296 e. The van der Waals surface area contributed by atoms with E-state index in [0.29, 0.717) is 17.9 Å². The van der Waals surface area contributed by atoms with E-state index in [1.165, 1.54) is 0 Å². The molecule has 2 aromatic rings. The second-order valence-electron chi connectivity index (χ2n) is 4.35. The van der Waals surface area contributed by atoms with E-state index in [9.17, 15) is 9.90 Å². The molecule has 5 heteroatoms. The fourth-order valence-electron chi connectivity index (χ4n) is 1.91. The lowest BCUT2D eigenvalue weighted by molar-refractivity contribution is 0.0952. The molecule has 5 nitrogen and oxygen atoms in total. The summed E-state index contributed by atoms with van der Waals surface area (Å²) in [6.45, 7) is 5.99. The molecule has 19 heavy (non-hydrogen) atoms. The van der Waals surface area contributed by atoms with Gasteiger partial charge in [-0.15, -0.1) is 0 Å². The maximum absolute atomic E-state index is 12.4. The molecule has 0 saturated heterocycles. The Labute approximate surface area is 111 Å². The fourth-order valence-corrected chi connectivity index (χ4v) is 1.91. The van der Waals surface area contributed by atoms with E-state index in [0.717, 1.165) is 5.56 Å². The van der Waals surface area contributed by atoms with E-state index in [2.05, 4.69) is 5.16 Å². The van der Waals surface area contributed by atoms with Gasteiger partial charge in [-0.25, -0.2) is 0 Å². The molecule has 2 rings (SSSR count). The highest BCUT2D eigenvalue weighted by Gasteiger charge is 2.21. The highest BCUT2D eigenvalue weighted by molar-refractivity contribution is 6.04. The number of carbonyl (C=O) groups is 1. The molecule has 0 aliphatic carbocycles. The van der Waals surface area contributed by atoms with Gasteiger partial charge in [0.25, 0.3) is 5.91 Å². The summed E-state index contributed by atoms with van der Waals surface area (Å²) < 4.78 is 5.00. The number of amides is 1. The number of phenols is 1. The lowest BCUT2D eigenvalue weighted by Crippen LogP contribution is -2.30. The molecular weight excluding hydrogens is 244 g/mol. The molecule has 0 spiro atoms. The van der Waals surface area contributed by atoms with Crippen molar-refractivity contribution in [3.05, 3.63) is 41.3 Å². The van der Waals surface area contributed by atoms with Crippen LogP contribution in [0.3, 0.4) is 0 Å². The number of anilines is 1. The van der Waals surface area contributed by atoms with Crippen LogP contribution in [0.15, 0.2) is 28.8 Å². The zero-order valence-corrected chi connectivity index (χ0v) is 11.2. The number of rotatable bonds is 3. The van der Waals surface area contributed by atoms with Crippen molar-refractivity contribution in [1.82, 2.24) is 5.16 Å². The maximum atomic E-state index is 12.4. The first-order chi connectivity index (χ1) is 9.02. The molecule has 1 N–H and O–H groups in total. The van der Waals surface area contributed by atoms with Gasteiger partial charge in [-0.3, -0.25) is 4.79 Å². The molecule has 0 fully saturated rings. The number of carbonyl (C=O) groups excluding carboxylic acids is 1. The molecule has 1 amide bonds. The van der Waals surface area contributed by atoms with Gasteiger partial charge in [0.05, 0.1) is 11.4 Å². The zero-order valence-electron chi connectivity index (χ0n) is 11.2. The van der Waals surface area contributed by atoms with Crippen LogP contribution in [0.4, 0.5) is 5.69 Å². The topological polar surface area (TPSA) is 66.6 Å². The lowest BCUT2D eigenvalue weighted by atomic mass is 10.1. The summed E-state index contributed by atoms with van der Waals surface area (Å²) in [6, 6.07) is 6.53. The first-order valence-corrected chi connectivity index (χ1v) is 6.07. The second kappa shape index (κ2) is 5.14. The van der Waals surface area contributed by atoms with Gasteiger partial charge in [-0.05, 0) is 32.4 Å². The quantitative estimate of drug-likeness (QED) is 0.921. The number of benzene rings is 1. The normalized spacial score (nSPS) is 10.5. The first kappa shape index (κ1) is 13.1. The summed E-state index contributed by atoms with van der Waals surface area (Å²) in [4.78, 5) is 13.9. The van der Waals surface area contributed by atoms with Crippen molar-refractivity contribution in [3.8, 4) is 5.75 Å². The predicted molar refractivity (Wildman–Crippen MR) is 71.4 cm³/mol. The molecule has 1 heterocycles. The van der Waals surface area contributed by atoms with Crippen LogP contribution < -0.4 is 4.90 Å². The van der Waals surface area contributed by atoms with Crippen molar-refractivity contribution in [2.24, 2.45) is 0 Å². The van der Waals surface area contributed by atoms with Crippen molar-refractivity contribution in [3.63, 3.8) is 0 Å². The van der Waals surface area contributed by atoms with Crippen LogP contribution in [0.25, 0.3) is 0 Å². The Balaban J connectivity index is 2.39. The third-order valence-corrected chi connectivity index (χ3v) is 2.88. The Kier molecular flexibility index (Phi) is 3.55. The average molecular weight is 260 g/mol. The Hall–Kier alpha value is -2.30. The number of aromatic nitrogens is 1. The van der Waals surface area contributed by atoms with Crippen molar-refractivity contribution >= 4 is 11.6 Å². The van der Waals surface area contributed by atoms with E-state index in [1.807, 2.05) is 13.8 Å². The summed E-state index contributed by atoms with van der Waals surface area (Å²) >= 11 is 0. The minimum Gasteiger partial charge on any atom is -0.508 e. The van der Waals surface area contributed by atoms with Gasteiger partial charge in [-0.1, -0.05) is 11.2 Å². The van der Waals surface area contributed by atoms with Crippen LogP contribution in [-0.2, 0) is 0 Å². The van der Waals surface area contributed by atoms with Crippen LogP contribution in [-0.4, -0.2) is 22.7 Å². The molecule has 100 valence electrons. The van der Waals surface area contributed by atoms with Gasteiger partial charge in [0.15, 0.2) is 0 Å². The Bertz CT molecular complexity index is 604. The van der Waals surface area contributed by atoms with Crippen LogP contribution in [0.2, 0.25) is 0 Å². The standard InChI is InChI=1S/C14H16N2O3/c1-4-16(12-8-11(17)6-5-9(12)2)14(18)13-7-10(3)15-19-13/h5-8,17H,4H2,1-3H3. The zero-order chi connectivity index (χ0) is 14.0. The second-order valence-corrected chi connectivity index (χ2v) is 4.35. The summed E-state index contributed by atoms with van der Waals surface area (Å²) in [6.07, 6.45) is 0. The Morgan fingerprint density at radius 1 is 1.37 bits per heavy atom. The SMILES string of the molecule is CCN(C(=O)c1cc(C)no1)c1cc(O)ccc1C. The number of aryl methyl sites for hydroxylation is 2. The molecule has 0 aliphatic heterocycles. The summed E-state index contributed by atoms with van der Waals surface area (Å²) in [5, 5.41) is 13.3. The lowest BCUT2D eigenvalue weighted by Gasteiger charge is -2.21. The number of hydrogen-bond donors (Lipinski definition) is 1. The van der Waals surface area contributed by atoms with Crippen LogP contribution >= 0.6 is 0 Å². The van der Waals surface area contributed by atoms with Crippen LogP contribution in [0.1, 0.15) is 28.7 Å². The molecule has 0 unspecified atom stereocenters. The van der Waals surface area contributed by atoms with Gasteiger partial charge in [-0.2, -0.15) is 0 Å². The molecule has 0 atom stereocenters. The number of phenolic OH excluding ortho intramolecular Hbond substituents is 1. The van der Waals surface area contributed by atoms with E-state index in [1.54, 1.807) is 36.1 Å². The van der Waals surface area contributed by atoms with Crippen molar-refractivity contribution in [1.29, 1.82) is 0 Å². The Morgan fingerprint density at radius 2 is 2.11 bits per heavy atom. The van der Waals surface area contributed by atoms with E-state index in [4.69, 9.17) is 4.52 Å². The summed E-state index contributed by atoms with van der Waals surface area (Å²) in [5.74, 6) is 0.0551. The van der Waals surface area contributed by atoms with Gasteiger partial charge < -0.3 is 14.5 Å².